The van der Waals surface area contributed by atoms with Gasteiger partial charge in [0.2, 0.25) is 5.96 Å². The van der Waals surface area contributed by atoms with Crippen molar-refractivity contribution in [3.8, 4) is 0 Å². The Labute approximate surface area is 89.6 Å². The summed E-state index contributed by atoms with van der Waals surface area (Å²) in [5.74, 6) is 5.63. The molecule has 0 atom stereocenters. The lowest BCUT2D eigenvalue weighted by Crippen LogP contribution is -2.38. The molecule has 1 heterocycles. The quantitative estimate of drug-likeness (QED) is 0.287. The normalized spacial score (nSPS) is 17.1. The van der Waals surface area contributed by atoms with Crippen molar-refractivity contribution in [3.05, 3.63) is 29.8 Å². The van der Waals surface area contributed by atoms with Crippen LogP contribution >= 0.6 is 0 Å². The van der Waals surface area contributed by atoms with Crippen molar-refractivity contribution < 1.29 is 0 Å². The van der Waals surface area contributed by atoms with E-state index in [9.17, 15) is 0 Å². The average molecular weight is 204 g/mol. The van der Waals surface area contributed by atoms with Gasteiger partial charge >= 0.3 is 0 Å². The van der Waals surface area contributed by atoms with Gasteiger partial charge in [0.25, 0.3) is 0 Å². The first-order valence-electron chi connectivity index (χ1n) is 5.21. The topological polar surface area (TPSA) is 67.6 Å². The van der Waals surface area contributed by atoms with Crippen LogP contribution in [0.5, 0.6) is 0 Å². The second kappa shape index (κ2) is 4.21. The third kappa shape index (κ3) is 1.88. The van der Waals surface area contributed by atoms with Crippen molar-refractivity contribution >= 4 is 11.6 Å². The Hall–Kier alpha value is -1.71. The third-order valence-electron chi connectivity index (χ3n) is 2.77. The van der Waals surface area contributed by atoms with Crippen LogP contribution in [0.1, 0.15) is 18.4 Å². The number of hydrogen-bond donors (Lipinski definition) is 2. The van der Waals surface area contributed by atoms with Crippen molar-refractivity contribution in [2.45, 2.75) is 19.3 Å². The standard InChI is InChI=1S/C11H16N4/c12-11(14-13)15-8-4-3-6-9-5-1-2-7-10(9)15/h1-2,5,7H,3-4,6,8,13H2,(H2,12,14). The van der Waals surface area contributed by atoms with Gasteiger partial charge in [-0.05, 0) is 30.9 Å². The summed E-state index contributed by atoms with van der Waals surface area (Å²) in [6.07, 6.45) is 3.40. The van der Waals surface area contributed by atoms with Crippen molar-refractivity contribution in [2.75, 3.05) is 11.4 Å². The highest BCUT2D eigenvalue weighted by atomic mass is 15.3. The Morgan fingerprint density at radius 2 is 2.07 bits per heavy atom. The van der Waals surface area contributed by atoms with Crippen molar-refractivity contribution in [2.24, 2.45) is 16.7 Å². The number of benzene rings is 1. The lowest BCUT2D eigenvalue weighted by molar-refractivity contribution is 0.764. The summed E-state index contributed by atoms with van der Waals surface area (Å²) in [6.45, 7) is 0.892. The molecule has 0 bridgehead atoms. The number of rotatable bonds is 0. The van der Waals surface area contributed by atoms with E-state index >= 15 is 0 Å². The summed E-state index contributed by atoms with van der Waals surface area (Å²) in [5, 5.41) is 3.57. The molecule has 0 aliphatic carbocycles. The van der Waals surface area contributed by atoms with E-state index in [1.54, 1.807) is 0 Å². The second-order valence-electron chi connectivity index (χ2n) is 3.72. The van der Waals surface area contributed by atoms with Gasteiger partial charge in [0.1, 0.15) is 0 Å². The maximum Gasteiger partial charge on any atom is 0.217 e. The Kier molecular flexibility index (Phi) is 2.76. The molecule has 80 valence electrons. The molecule has 4 N–H and O–H groups in total. The summed E-state index contributed by atoms with van der Waals surface area (Å²) in [5.41, 5.74) is 8.24. The zero-order valence-electron chi connectivity index (χ0n) is 8.69. The maximum absolute atomic E-state index is 5.78. The fourth-order valence-electron chi connectivity index (χ4n) is 2.00. The molecule has 1 aromatic carbocycles. The van der Waals surface area contributed by atoms with Crippen LogP contribution in [0.4, 0.5) is 5.69 Å². The van der Waals surface area contributed by atoms with Gasteiger partial charge < -0.3 is 16.5 Å². The van der Waals surface area contributed by atoms with Gasteiger partial charge in [-0.15, -0.1) is 5.10 Å². The summed E-state index contributed by atoms with van der Waals surface area (Å²) in [4.78, 5) is 1.99. The largest absolute Gasteiger partial charge is 0.368 e. The highest BCUT2D eigenvalue weighted by molar-refractivity contribution is 5.95. The molecule has 0 spiro atoms. The molecule has 0 saturated carbocycles. The number of guanidine groups is 1. The van der Waals surface area contributed by atoms with Gasteiger partial charge in [-0.2, -0.15) is 0 Å². The van der Waals surface area contributed by atoms with Crippen LogP contribution in [0.15, 0.2) is 29.4 Å². The van der Waals surface area contributed by atoms with Crippen molar-refractivity contribution in [1.29, 1.82) is 0 Å². The van der Waals surface area contributed by atoms with Crippen LogP contribution in [0.3, 0.4) is 0 Å². The molecular weight excluding hydrogens is 188 g/mol. The molecule has 4 nitrogen and oxygen atoms in total. The summed E-state index contributed by atoms with van der Waals surface area (Å²) < 4.78 is 0. The van der Waals surface area contributed by atoms with Gasteiger partial charge in [0.05, 0.1) is 0 Å². The average Bonchev–Trinajstić information content (AvgIpc) is 2.50. The highest BCUT2D eigenvalue weighted by Crippen LogP contribution is 2.25. The van der Waals surface area contributed by atoms with Gasteiger partial charge in [-0.3, -0.25) is 0 Å². The van der Waals surface area contributed by atoms with Crippen molar-refractivity contribution in [3.63, 3.8) is 0 Å². The second-order valence-corrected chi connectivity index (χ2v) is 3.72. The van der Waals surface area contributed by atoms with E-state index in [1.165, 1.54) is 12.0 Å². The molecule has 1 aromatic rings. The van der Waals surface area contributed by atoms with Crippen molar-refractivity contribution in [1.82, 2.24) is 0 Å². The fourth-order valence-corrected chi connectivity index (χ4v) is 2.00. The van der Waals surface area contributed by atoms with Crippen LogP contribution in [0, 0.1) is 0 Å². The summed E-state index contributed by atoms with van der Waals surface area (Å²) in [6, 6.07) is 8.27. The SMILES string of the molecule is NN=C(N)N1CCCCc2ccccc21. The molecule has 15 heavy (non-hydrogen) atoms. The van der Waals surface area contributed by atoms with E-state index < -0.39 is 0 Å². The lowest BCUT2D eigenvalue weighted by atomic mass is 10.1. The van der Waals surface area contributed by atoms with E-state index in [4.69, 9.17) is 11.6 Å². The van der Waals surface area contributed by atoms with Crippen LogP contribution in [0.2, 0.25) is 0 Å². The molecule has 1 aliphatic heterocycles. The molecular formula is C11H16N4. The van der Waals surface area contributed by atoms with E-state index in [-0.39, 0.29) is 0 Å². The summed E-state index contributed by atoms with van der Waals surface area (Å²) >= 11 is 0. The number of nitrogens with two attached hydrogens (primary N) is 2. The molecule has 0 radical (unpaired) electrons. The smallest absolute Gasteiger partial charge is 0.217 e. The lowest BCUT2D eigenvalue weighted by Gasteiger charge is -2.22. The molecule has 1 aliphatic rings. The van der Waals surface area contributed by atoms with Gasteiger partial charge in [0.15, 0.2) is 0 Å². The Bertz CT molecular complexity index is 373. The Balaban J connectivity index is 2.41. The number of aryl methyl sites for hydroxylation is 1. The van der Waals surface area contributed by atoms with Crippen LogP contribution in [-0.4, -0.2) is 12.5 Å². The fraction of sp³-hybridized carbons (Fsp3) is 0.364. The summed E-state index contributed by atoms with van der Waals surface area (Å²) in [7, 11) is 0. The predicted molar refractivity (Wildman–Crippen MR) is 62.5 cm³/mol. The number of hydrazone groups is 1. The minimum atomic E-state index is 0.393. The zero-order valence-corrected chi connectivity index (χ0v) is 8.69. The molecule has 0 amide bonds. The number of anilines is 1. The first-order valence-corrected chi connectivity index (χ1v) is 5.21. The Morgan fingerprint density at radius 3 is 2.87 bits per heavy atom. The number of fused-ring (bicyclic) bond motifs is 1. The number of nitrogens with zero attached hydrogens (tertiary/aromatic N) is 2. The van der Waals surface area contributed by atoms with Crippen LogP contribution in [0.25, 0.3) is 0 Å². The molecule has 0 saturated heterocycles. The van der Waals surface area contributed by atoms with Gasteiger partial charge in [0, 0.05) is 12.2 Å². The molecule has 4 heteroatoms. The van der Waals surface area contributed by atoms with E-state index in [1.807, 2.05) is 11.0 Å². The molecule has 0 unspecified atom stereocenters. The minimum Gasteiger partial charge on any atom is -0.368 e. The predicted octanol–water partition coefficient (Wildman–Crippen LogP) is 1.02. The first kappa shape index (κ1) is 9.83. The number of hydrogen-bond acceptors (Lipinski definition) is 2. The van der Waals surface area contributed by atoms with Crippen LogP contribution in [-0.2, 0) is 6.42 Å². The van der Waals surface area contributed by atoms with E-state index in [2.05, 4.69) is 23.3 Å². The van der Waals surface area contributed by atoms with Crippen LogP contribution < -0.4 is 16.5 Å². The van der Waals surface area contributed by atoms with Gasteiger partial charge in [-0.25, -0.2) is 0 Å². The first-order chi connectivity index (χ1) is 7.33. The third-order valence-corrected chi connectivity index (χ3v) is 2.77. The number of para-hydroxylation sites is 1. The van der Waals surface area contributed by atoms with Gasteiger partial charge in [-0.1, -0.05) is 18.2 Å². The maximum atomic E-state index is 5.78. The zero-order chi connectivity index (χ0) is 10.7. The molecule has 0 fully saturated rings. The molecule has 0 aromatic heterocycles. The van der Waals surface area contributed by atoms with E-state index in [0.717, 1.165) is 25.1 Å². The minimum absolute atomic E-state index is 0.393. The monoisotopic (exact) mass is 204 g/mol. The van der Waals surface area contributed by atoms with E-state index in [0.29, 0.717) is 5.96 Å². The molecule has 2 rings (SSSR count). The Morgan fingerprint density at radius 1 is 1.27 bits per heavy atom. The highest BCUT2D eigenvalue weighted by Gasteiger charge is 2.16.